The van der Waals surface area contributed by atoms with Crippen molar-refractivity contribution in [2.24, 2.45) is 0 Å². The summed E-state index contributed by atoms with van der Waals surface area (Å²) in [4.78, 5) is 16.6. The number of aryl methyl sites for hydroxylation is 1. The summed E-state index contributed by atoms with van der Waals surface area (Å²) >= 11 is 6.13. The van der Waals surface area contributed by atoms with Gasteiger partial charge in [0, 0.05) is 43.0 Å². The van der Waals surface area contributed by atoms with Crippen LogP contribution in [0.2, 0.25) is 5.02 Å². The fourth-order valence-electron chi connectivity index (χ4n) is 3.08. The Bertz CT molecular complexity index is 794. The van der Waals surface area contributed by atoms with Gasteiger partial charge in [-0.15, -0.1) is 0 Å². The molecule has 1 saturated heterocycles. The van der Waals surface area contributed by atoms with Crippen LogP contribution < -0.4 is 9.64 Å². The monoisotopic (exact) mass is 370 g/mol. The smallest absolute Gasteiger partial charge is 0.246 e. The van der Waals surface area contributed by atoms with Crippen LogP contribution in [0.5, 0.6) is 5.75 Å². The van der Waals surface area contributed by atoms with E-state index >= 15 is 0 Å². The van der Waals surface area contributed by atoms with Crippen LogP contribution in [-0.2, 0) is 4.79 Å². The number of hydrogen-bond donors (Lipinski definition) is 0. The molecule has 26 heavy (non-hydrogen) atoms. The van der Waals surface area contributed by atoms with Gasteiger partial charge in [-0.3, -0.25) is 4.79 Å². The van der Waals surface area contributed by atoms with Gasteiger partial charge in [-0.2, -0.15) is 0 Å². The molecule has 0 aliphatic carbocycles. The average molecular weight is 371 g/mol. The van der Waals surface area contributed by atoms with E-state index in [4.69, 9.17) is 16.3 Å². The van der Waals surface area contributed by atoms with Crippen LogP contribution >= 0.6 is 11.6 Å². The Balaban J connectivity index is 1.57. The van der Waals surface area contributed by atoms with Gasteiger partial charge >= 0.3 is 0 Å². The van der Waals surface area contributed by atoms with Gasteiger partial charge in [0.15, 0.2) is 0 Å². The molecule has 4 nitrogen and oxygen atoms in total. The first-order valence-corrected chi connectivity index (χ1v) is 9.07. The molecule has 0 saturated carbocycles. The number of anilines is 1. The van der Waals surface area contributed by atoms with Gasteiger partial charge in [0.2, 0.25) is 5.91 Å². The van der Waals surface area contributed by atoms with E-state index in [2.05, 4.69) is 11.8 Å². The van der Waals surface area contributed by atoms with E-state index in [0.29, 0.717) is 13.1 Å². The lowest BCUT2D eigenvalue weighted by atomic mass is 10.1. The normalized spacial score (nSPS) is 14.7. The molecule has 3 rings (SSSR count). The number of nitrogens with zero attached hydrogens (tertiary/aromatic N) is 2. The topological polar surface area (TPSA) is 32.8 Å². The zero-order chi connectivity index (χ0) is 18.5. The molecular formula is C21H23ClN2O2. The van der Waals surface area contributed by atoms with E-state index in [1.54, 1.807) is 13.2 Å². The van der Waals surface area contributed by atoms with Crippen molar-refractivity contribution in [1.29, 1.82) is 0 Å². The highest BCUT2D eigenvalue weighted by Crippen LogP contribution is 2.25. The number of halogens is 1. The predicted molar refractivity (Wildman–Crippen MR) is 107 cm³/mol. The largest absolute Gasteiger partial charge is 0.497 e. The van der Waals surface area contributed by atoms with Crippen molar-refractivity contribution in [2.45, 2.75) is 6.92 Å². The Kier molecular flexibility index (Phi) is 5.84. The Morgan fingerprint density at radius 1 is 1.08 bits per heavy atom. The first-order valence-electron chi connectivity index (χ1n) is 8.69. The number of ether oxygens (including phenoxy) is 1. The van der Waals surface area contributed by atoms with E-state index in [9.17, 15) is 4.79 Å². The summed E-state index contributed by atoms with van der Waals surface area (Å²) in [5.74, 6) is 0.851. The van der Waals surface area contributed by atoms with Crippen LogP contribution in [-0.4, -0.2) is 44.1 Å². The first-order chi connectivity index (χ1) is 12.6. The lowest BCUT2D eigenvalue weighted by molar-refractivity contribution is -0.126. The Hall–Kier alpha value is -2.46. The van der Waals surface area contributed by atoms with Gasteiger partial charge in [0.1, 0.15) is 5.75 Å². The van der Waals surface area contributed by atoms with E-state index in [-0.39, 0.29) is 5.91 Å². The van der Waals surface area contributed by atoms with Crippen molar-refractivity contribution in [3.05, 3.63) is 64.7 Å². The molecular weight excluding hydrogens is 348 g/mol. The maximum Gasteiger partial charge on any atom is 0.246 e. The second-order valence-electron chi connectivity index (χ2n) is 6.35. The number of amides is 1. The molecule has 1 fully saturated rings. The van der Waals surface area contributed by atoms with Crippen molar-refractivity contribution in [3.8, 4) is 5.75 Å². The molecule has 2 aromatic rings. The minimum Gasteiger partial charge on any atom is -0.497 e. The summed E-state index contributed by atoms with van der Waals surface area (Å²) in [6, 6.07) is 13.6. The summed E-state index contributed by atoms with van der Waals surface area (Å²) in [6.07, 6.45) is 3.48. The second kappa shape index (κ2) is 8.28. The first kappa shape index (κ1) is 18.3. The zero-order valence-corrected chi connectivity index (χ0v) is 15.9. The number of methoxy groups -OCH3 is 1. The van der Waals surface area contributed by atoms with Gasteiger partial charge in [0.05, 0.1) is 7.11 Å². The molecule has 2 aromatic carbocycles. The number of carbonyl (C=O) groups is 1. The SMILES string of the molecule is COc1ccc(C=CC(=O)N2CCN(c3cc(Cl)ccc3C)CC2)cc1. The molecule has 0 atom stereocenters. The number of rotatable bonds is 4. The van der Waals surface area contributed by atoms with Gasteiger partial charge in [-0.05, 0) is 48.4 Å². The summed E-state index contributed by atoms with van der Waals surface area (Å²) in [6.45, 7) is 5.11. The third-order valence-electron chi connectivity index (χ3n) is 4.64. The fourth-order valence-corrected chi connectivity index (χ4v) is 3.25. The van der Waals surface area contributed by atoms with Crippen molar-refractivity contribution in [2.75, 3.05) is 38.2 Å². The van der Waals surface area contributed by atoms with E-state index < -0.39 is 0 Å². The molecule has 0 radical (unpaired) electrons. The summed E-state index contributed by atoms with van der Waals surface area (Å²) < 4.78 is 5.14. The third-order valence-corrected chi connectivity index (χ3v) is 4.87. The van der Waals surface area contributed by atoms with Crippen LogP contribution in [0.4, 0.5) is 5.69 Å². The van der Waals surface area contributed by atoms with Crippen molar-refractivity contribution < 1.29 is 9.53 Å². The number of piperazine rings is 1. The van der Waals surface area contributed by atoms with Gasteiger partial charge < -0.3 is 14.5 Å². The summed E-state index contributed by atoms with van der Waals surface area (Å²) in [5, 5.41) is 0.742. The lowest BCUT2D eigenvalue weighted by Gasteiger charge is -2.36. The fraction of sp³-hybridized carbons (Fsp3) is 0.286. The summed E-state index contributed by atoms with van der Waals surface area (Å²) in [7, 11) is 1.64. The van der Waals surface area contributed by atoms with Crippen molar-refractivity contribution in [3.63, 3.8) is 0 Å². The molecule has 1 aliphatic rings. The molecule has 1 aliphatic heterocycles. The van der Waals surface area contributed by atoms with Gasteiger partial charge in [-0.1, -0.05) is 29.8 Å². The van der Waals surface area contributed by atoms with E-state index in [1.165, 1.54) is 5.56 Å². The maximum atomic E-state index is 12.4. The maximum absolute atomic E-state index is 12.4. The number of benzene rings is 2. The highest BCUT2D eigenvalue weighted by atomic mass is 35.5. The van der Waals surface area contributed by atoms with Crippen LogP contribution in [0.15, 0.2) is 48.5 Å². The Labute approximate surface area is 159 Å². The highest BCUT2D eigenvalue weighted by molar-refractivity contribution is 6.30. The van der Waals surface area contributed by atoms with Crippen LogP contribution in [0.1, 0.15) is 11.1 Å². The molecule has 0 spiro atoms. The zero-order valence-electron chi connectivity index (χ0n) is 15.1. The second-order valence-corrected chi connectivity index (χ2v) is 6.79. The number of hydrogen-bond acceptors (Lipinski definition) is 3. The minimum absolute atomic E-state index is 0.0447. The molecule has 136 valence electrons. The number of carbonyl (C=O) groups excluding carboxylic acids is 1. The molecule has 0 N–H and O–H groups in total. The highest BCUT2D eigenvalue weighted by Gasteiger charge is 2.20. The lowest BCUT2D eigenvalue weighted by Crippen LogP contribution is -2.48. The van der Waals surface area contributed by atoms with Crippen molar-refractivity contribution in [1.82, 2.24) is 4.90 Å². The molecule has 0 bridgehead atoms. The standard InChI is InChI=1S/C21H23ClN2O2/c1-16-3-7-18(22)15-20(16)23-11-13-24(14-12-23)21(25)10-6-17-4-8-19(26-2)9-5-17/h3-10,15H,11-14H2,1-2H3. The van der Waals surface area contributed by atoms with Crippen LogP contribution in [0.25, 0.3) is 6.08 Å². The molecule has 1 amide bonds. The summed E-state index contributed by atoms with van der Waals surface area (Å²) in [5.41, 5.74) is 3.33. The van der Waals surface area contributed by atoms with E-state index in [1.807, 2.05) is 53.4 Å². The van der Waals surface area contributed by atoms with E-state index in [0.717, 1.165) is 35.1 Å². The molecule has 0 aromatic heterocycles. The molecule has 5 heteroatoms. The van der Waals surface area contributed by atoms with Crippen LogP contribution in [0.3, 0.4) is 0 Å². The quantitative estimate of drug-likeness (QED) is 0.762. The third kappa shape index (κ3) is 4.38. The van der Waals surface area contributed by atoms with Crippen molar-refractivity contribution >= 4 is 29.3 Å². The Morgan fingerprint density at radius 2 is 1.77 bits per heavy atom. The van der Waals surface area contributed by atoms with Gasteiger partial charge in [-0.25, -0.2) is 0 Å². The minimum atomic E-state index is 0.0447. The Morgan fingerprint density at radius 3 is 2.42 bits per heavy atom. The molecule has 1 heterocycles. The predicted octanol–water partition coefficient (Wildman–Crippen LogP) is 4.02. The average Bonchev–Trinajstić information content (AvgIpc) is 2.68. The molecule has 0 unspecified atom stereocenters. The van der Waals surface area contributed by atoms with Crippen LogP contribution in [0, 0.1) is 6.92 Å². The van der Waals surface area contributed by atoms with Gasteiger partial charge in [0.25, 0.3) is 0 Å².